The lowest BCUT2D eigenvalue weighted by Gasteiger charge is -2.26. The quantitative estimate of drug-likeness (QED) is 0.789. The van der Waals surface area contributed by atoms with Crippen LogP contribution in [0.1, 0.15) is 29.1 Å². The van der Waals surface area contributed by atoms with Crippen molar-refractivity contribution in [3.05, 3.63) is 52.0 Å². The van der Waals surface area contributed by atoms with E-state index in [0.717, 1.165) is 11.4 Å². The van der Waals surface area contributed by atoms with E-state index in [9.17, 15) is 9.59 Å². The van der Waals surface area contributed by atoms with E-state index in [1.54, 1.807) is 0 Å². The average molecular weight is 360 g/mol. The molecule has 7 heteroatoms. The van der Waals surface area contributed by atoms with Crippen LogP contribution >= 0.6 is 11.3 Å². The highest BCUT2D eigenvalue weighted by Crippen LogP contribution is 2.23. The number of hydrogen-bond donors (Lipinski definition) is 2. The van der Waals surface area contributed by atoms with Crippen LogP contribution in [0.3, 0.4) is 0 Å². The fourth-order valence-corrected chi connectivity index (χ4v) is 3.79. The summed E-state index contributed by atoms with van der Waals surface area (Å²) in [6.07, 6.45) is 1.27. The van der Waals surface area contributed by atoms with Gasteiger partial charge < -0.3 is 15.2 Å². The maximum Gasteiger partial charge on any atom is 0.305 e. The standard InChI is InChI=1S/C18H20N2O4S/c21-15(20-18(10-17(22)23)6-7-24-12-18)9-14-11-25-16(19-14)8-13-4-2-1-3-5-13/h1-5,11H,6-10,12H2,(H,20,21)(H,22,23). The first-order chi connectivity index (χ1) is 12.0. The van der Waals surface area contributed by atoms with Crippen molar-refractivity contribution in [1.82, 2.24) is 10.3 Å². The molecule has 1 aromatic heterocycles. The number of carbonyl (C=O) groups is 2. The molecule has 2 aromatic rings. The van der Waals surface area contributed by atoms with E-state index in [1.165, 1.54) is 16.9 Å². The first-order valence-electron chi connectivity index (χ1n) is 8.12. The third kappa shape index (κ3) is 4.87. The predicted octanol–water partition coefficient (Wildman–Crippen LogP) is 2.03. The lowest BCUT2D eigenvalue weighted by Crippen LogP contribution is -2.51. The number of aliphatic carboxylic acids is 1. The molecule has 25 heavy (non-hydrogen) atoms. The van der Waals surface area contributed by atoms with Crippen molar-refractivity contribution in [2.45, 2.75) is 31.2 Å². The molecule has 0 spiro atoms. The van der Waals surface area contributed by atoms with Crippen molar-refractivity contribution in [2.24, 2.45) is 0 Å². The van der Waals surface area contributed by atoms with Crippen LogP contribution in [-0.2, 0) is 27.2 Å². The Hall–Kier alpha value is -2.25. The molecule has 1 saturated heterocycles. The zero-order valence-electron chi connectivity index (χ0n) is 13.7. The summed E-state index contributed by atoms with van der Waals surface area (Å²) in [5, 5.41) is 14.8. The minimum absolute atomic E-state index is 0.130. The monoisotopic (exact) mass is 360 g/mol. The van der Waals surface area contributed by atoms with Crippen LogP contribution in [0.4, 0.5) is 0 Å². The Labute approximate surface area is 149 Å². The molecular formula is C18H20N2O4S. The molecule has 1 atom stereocenters. The lowest BCUT2D eigenvalue weighted by atomic mass is 9.94. The van der Waals surface area contributed by atoms with Crippen molar-refractivity contribution in [3.63, 3.8) is 0 Å². The van der Waals surface area contributed by atoms with Gasteiger partial charge in [-0.05, 0) is 12.0 Å². The molecule has 1 aromatic carbocycles. The third-order valence-electron chi connectivity index (χ3n) is 4.14. The van der Waals surface area contributed by atoms with Crippen molar-refractivity contribution >= 4 is 23.2 Å². The summed E-state index contributed by atoms with van der Waals surface area (Å²) in [5.74, 6) is -1.16. The van der Waals surface area contributed by atoms with Crippen LogP contribution in [-0.4, -0.2) is 40.7 Å². The highest BCUT2D eigenvalue weighted by Gasteiger charge is 2.38. The van der Waals surface area contributed by atoms with Crippen LogP contribution in [0, 0.1) is 0 Å². The van der Waals surface area contributed by atoms with E-state index in [0.29, 0.717) is 18.7 Å². The highest BCUT2D eigenvalue weighted by atomic mass is 32.1. The fourth-order valence-electron chi connectivity index (χ4n) is 2.97. The van der Waals surface area contributed by atoms with Gasteiger partial charge in [-0.25, -0.2) is 4.98 Å². The second kappa shape index (κ2) is 7.76. The largest absolute Gasteiger partial charge is 0.481 e. The molecular weight excluding hydrogens is 340 g/mol. The summed E-state index contributed by atoms with van der Waals surface area (Å²) in [6.45, 7) is 0.701. The average Bonchev–Trinajstić information content (AvgIpc) is 3.17. The number of amides is 1. The van der Waals surface area contributed by atoms with Gasteiger partial charge in [0, 0.05) is 18.4 Å². The van der Waals surface area contributed by atoms with Gasteiger partial charge in [0.05, 0.1) is 35.7 Å². The van der Waals surface area contributed by atoms with Crippen molar-refractivity contribution < 1.29 is 19.4 Å². The molecule has 1 aliphatic rings. The minimum Gasteiger partial charge on any atom is -0.481 e. The van der Waals surface area contributed by atoms with Gasteiger partial charge in [-0.2, -0.15) is 0 Å². The molecule has 1 unspecified atom stereocenters. The van der Waals surface area contributed by atoms with Gasteiger partial charge in [0.2, 0.25) is 5.91 Å². The number of carboxylic acid groups (broad SMARTS) is 1. The summed E-state index contributed by atoms with van der Waals surface area (Å²) in [4.78, 5) is 27.9. The van der Waals surface area contributed by atoms with Gasteiger partial charge in [-0.15, -0.1) is 11.3 Å². The molecule has 1 fully saturated rings. The summed E-state index contributed by atoms with van der Waals surface area (Å²) in [6, 6.07) is 10.0. The number of nitrogens with one attached hydrogen (secondary N) is 1. The highest BCUT2D eigenvalue weighted by molar-refractivity contribution is 7.09. The zero-order valence-corrected chi connectivity index (χ0v) is 14.6. The second-order valence-electron chi connectivity index (χ2n) is 6.27. The van der Waals surface area contributed by atoms with E-state index >= 15 is 0 Å². The number of carboxylic acids is 1. The van der Waals surface area contributed by atoms with Gasteiger partial charge in [0.1, 0.15) is 0 Å². The molecule has 1 aliphatic heterocycles. The summed E-state index contributed by atoms with van der Waals surface area (Å²) < 4.78 is 5.29. The van der Waals surface area contributed by atoms with Gasteiger partial charge in [0.15, 0.2) is 0 Å². The Bertz CT molecular complexity index is 739. The van der Waals surface area contributed by atoms with Gasteiger partial charge in [-0.3, -0.25) is 9.59 Å². The minimum atomic E-state index is -0.940. The van der Waals surface area contributed by atoms with Crippen LogP contribution in [0.25, 0.3) is 0 Å². The van der Waals surface area contributed by atoms with Crippen LogP contribution in [0.2, 0.25) is 0 Å². The normalized spacial score (nSPS) is 19.7. The Morgan fingerprint density at radius 3 is 2.80 bits per heavy atom. The first kappa shape index (κ1) is 17.6. The SMILES string of the molecule is O=C(O)CC1(NC(=O)Cc2csc(Cc3ccccc3)n2)CCOC1. The molecule has 3 rings (SSSR count). The van der Waals surface area contributed by atoms with E-state index in [1.807, 2.05) is 35.7 Å². The van der Waals surface area contributed by atoms with E-state index in [-0.39, 0.29) is 25.4 Å². The van der Waals surface area contributed by atoms with E-state index < -0.39 is 11.5 Å². The number of hydrogen-bond acceptors (Lipinski definition) is 5. The van der Waals surface area contributed by atoms with Gasteiger partial charge in [0.25, 0.3) is 0 Å². The summed E-state index contributed by atoms with van der Waals surface area (Å²) in [5.41, 5.74) is 1.08. The number of ether oxygens (including phenoxy) is 1. The zero-order chi connectivity index (χ0) is 17.7. The van der Waals surface area contributed by atoms with Crippen molar-refractivity contribution in [3.8, 4) is 0 Å². The third-order valence-corrected chi connectivity index (χ3v) is 5.03. The topological polar surface area (TPSA) is 88.5 Å². The summed E-state index contributed by atoms with van der Waals surface area (Å²) in [7, 11) is 0. The van der Waals surface area contributed by atoms with Crippen LogP contribution in [0.15, 0.2) is 35.7 Å². The maximum atomic E-state index is 12.3. The molecule has 6 nitrogen and oxygen atoms in total. The Morgan fingerprint density at radius 2 is 2.12 bits per heavy atom. The van der Waals surface area contributed by atoms with Crippen LogP contribution in [0.5, 0.6) is 0 Å². The molecule has 1 amide bonds. The molecule has 0 radical (unpaired) electrons. The fraction of sp³-hybridized carbons (Fsp3) is 0.389. The van der Waals surface area contributed by atoms with Gasteiger partial charge >= 0.3 is 5.97 Å². The van der Waals surface area contributed by atoms with E-state index in [4.69, 9.17) is 9.84 Å². The van der Waals surface area contributed by atoms with Crippen molar-refractivity contribution in [2.75, 3.05) is 13.2 Å². The van der Waals surface area contributed by atoms with Crippen LogP contribution < -0.4 is 5.32 Å². The smallest absolute Gasteiger partial charge is 0.305 e. The number of rotatable bonds is 7. The first-order valence-corrected chi connectivity index (χ1v) is 9.00. The van der Waals surface area contributed by atoms with E-state index in [2.05, 4.69) is 10.3 Å². The molecule has 0 bridgehead atoms. The molecule has 2 N–H and O–H groups in total. The summed E-state index contributed by atoms with van der Waals surface area (Å²) >= 11 is 1.53. The van der Waals surface area contributed by atoms with Crippen molar-refractivity contribution in [1.29, 1.82) is 0 Å². The molecule has 0 aliphatic carbocycles. The number of carbonyl (C=O) groups excluding carboxylic acids is 1. The molecule has 2 heterocycles. The van der Waals surface area contributed by atoms with Gasteiger partial charge in [-0.1, -0.05) is 30.3 Å². The molecule has 0 saturated carbocycles. The second-order valence-corrected chi connectivity index (χ2v) is 7.22. The number of aromatic nitrogens is 1. The number of benzene rings is 1. The molecule has 132 valence electrons. The Morgan fingerprint density at radius 1 is 1.32 bits per heavy atom. The maximum absolute atomic E-state index is 12.3. The Kier molecular flexibility index (Phi) is 5.45. The predicted molar refractivity (Wildman–Crippen MR) is 93.6 cm³/mol. The number of thiazole rings is 1. The Balaban J connectivity index is 1.58. The number of nitrogens with zero attached hydrogens (tertiary/aromatic N) is 1. The lowest BCUT2D eigenvalue weighted by molar-refractivity contribution is -0.139.